The van der Waals surface area contributed by atoms with Crippen LogP contribution in [0, 0.1) is 0 Å². The van der Waals surface area contributed by atoms with Gasteiger partial charge >= 0.3 is 31.1 Å². The average Bonchev–Trinajstić information content (AvgIpc) is 4.17. The molecular formula is C40H77N9O17P4. The van der Waals surface area contributed by atoms with Crippen LogP contribution in [-0.4, -0.2) is 234 Å². The van der Waals surface area contributed by atoms with Crippen LogP contribution in [0.15, 0.2) is 14.3 Å². The number of aliphatic hydroxyl groups excluding tert-OH is 1. The highest BCUT2D eigenvalue weighted by Gasteiger charge is 2.46. The Hall–Kier alpha value is -1.79. The third-order valence-electron chi connectivity index (χ3n) is 12.2. The largest absolute Gasteiger partial charge is 0.472 e. The fourth-order valence-corrected chi connectivity index (χ4v) is 14.2. The zero-order valence-corrected chi connectivity index (χ0v) is 45.7. The molecule has 30 heteroatoms. The number of guanidine groups is 3. The van der Waals surface area contributed by atoms with Gasteiger partial charge in [-0.1, -0.05) is 12.8 Å². The van der Waals surface area contributed by atoms with Crippen molar-refractivity contribution in [3.63, 3.8) is 0 Å². The first-order chi connectivity index (χ1) is 33.0. The first kappa shape index (κ1) is 57.5. The molecule has 404 valence electrons. The van der Waals surface area contributed by atoms with Gasteiger partial charge in [-0.3, -0.25) is 36.2 Å². The van der Waals surface area contributed by atoms with Crippen molar-refractivity contribution in [3.05, 3.63) is 0 Å². The zero-order chi connectivity index (χ0) is 50.9. The van der Waals surface area contributed by atoms with Crippen LogP contribution in [0.2, 0.25) is 0 Å². The molecule has 6 rings (SSSR count). The molecule has 6 saturated heterocycles. The SMILES string of the molecule is CN1CCN(C)C1=NP(=O)(OCC1OCC[C@H]1OP(=O)(N=C1N(C)CCN1C)OCC1OCC[C@H]1OP(=O)(N=C1N(C)CCN1C)OC(C)(C)C)O[C@@H]1CCOC1COP(=O)(O)OCCCCCCO. The van der Waals surface area contributed by atoms with Crippen LogP contribution < -0.4 is 0 Å². The third-order valence-corrected chi connectivity index (χ3v) is 17.7. The maximum Gasteiger partial charge on any atom is 0.472 e. The number of phosphoric acid groups is 1. The fourth-order valence-electron chi connectivity index (χ4n) is 8.25. The number of phosphoric ester groups is 1. The highest BCUT2D eigenvalue weighted by molar-refractivity contribution is 7.53. The summed E-state index contributed by atoms with van der Waals surface area (Å²) in [5, 5.41) is 8.98. The normalized spacial score (nSPS) is 29.0. The number of ether oxygens (including phenoxy) is 3. The maximum atomic E-state index is 15.0. The molecule has 2 N–H and O–H groups in total. The molecular weight excluding hydrogens is 1000 g/mol. The minimum Gasteiger partial charge on any atom is -0.396 e. The van der Waals surface area contributed by atoms with Gasteiger partial charge in [0.15, 0.2) is 0 Å². The van der Waals surface area contributed by atoms with Gasteiger partial charge in [-0.2, -0.15) is 0 Å². The molecule has 6 heterocycles. The van der Waals surface area contributed by atoms with Crippen LogP contribution in [0.1, 0.15) is 65.7 Å². The van der Waals surface area contributed by atoms with Crippen molar-refractivity contribution in [2.45, 2.75) is 108 Å². The molecule has 0 spiro atoms. The topological polar surface area (TPSA) is 267 Å². The second-order valence-electron chi connectivity index (χ2n) is 19.2. The second-order valence-corrected chi connectivity index (χ2v) is 25.4. The van der Waals surface area contributed by atoms with Crippen molar-refractivity contribution in [3.8, 4) is 0 Å². The van der Waals surface area contributed by atoms with E-state index in [1.807, 2.05) is 47.8 Å². The molecule has 0 aromatic rings. The highest BCUT2D eigenvalue weighted by Crippen LogP contribution is 2.58. The number of nitrogens with zero attached hydrogens (tertiary/aromatic N) is 9. The average molecular weight is 1080 g/mol. The number of hydrogen-bond donors (Lipinski definition) is 2. The molecule has 0 bridgehead atoms. The summed E-state index contributed by atoms with van der Waals surface area (Å²) in [5.74, 6) is 1.18. The number of hydrogen-bond acceptors (Lipinski definition) is 16. The fraction of sp³-hybridized carbons (Fsp3) is 0.925. The van der Waals surface area contributed by atoms with Crippen LogP contribution >= 0.6 is 31.1 Å². The van der Waals surface area contributed by atoms with Crippen molar-refractivity contribution >= 4 is 48.9 Å². The second kappa shape index (κ2) is 25.2. The first-order valence-electron chi connectivity index (χ1n) is 24.0. The Morgan fingerprint density at radius 2 is 0.871 bits per heavy atom. The monoisotopic (exact) mass is 1080 g/mol. The minimum absolute atomic E-state index is 0.0151. The van der Waals surface area contributed by atoms with E-state index >= 15 is 4.57 Å². The summed E-state index contributed by atoms with van der Waals surface area (Å²) < 4.78 is 136. The van der Waals surface area contributed by atoms with Gasteiger partial charge in [0.1, 0.15) is 18.3 Å². The number of aliphatic hydroxyl groups is 1. The van der Waals surface area contributed by atoms with E-state index in [2.05, 4.69) is 14.3 Å². The summed E-state index contributed by atoms with van der Waals surface area (Å²) in [5.41, 5.74) is -0.882. The third kappa shape index (κ3) is 16.6. The predicted molar refractivity (Wildman–Crippen MR) is 259 cm³/mol. The Kier molecular flexibility index (Phi) is 20.7. The Morgan fingerprint density at radius 1 is 0.529 bits per heavy atom. The van der Waals surface area contributed by atoms with Gasteiger partial charge in [0.2, 0.25) is 17.9 Å². The number of rotatable bonds is 26. The van der Waals surface area contributed by atoms with E-state index < -0.39 is 79.9 Å². The Morgan fingerprint density at radius 3 is 1.24 bits per heavy atom. The van der Waals surface area contributed by atoms with Crippen LogP contribution in [0.3, 0.4) is 0 Å². The molecule has 0 saturated carbocycles. The molecule has 0 aromatic heterocycles. The van der Waals surface area contributed by atoms with E-state index in [1.54, 1.807) is 44.7 Å². The van der Waals surface area contributed by atoms with E-state index in [9.17, 15) is 18.6 Å². The van der Waals surface area contributed by atoms with Crippen LogP contribution in [-0.2, 0) is 68.7 Å². The molecule has 6 aliphatic heterocycles. The van der Waals surface area contributed by atoms with Gasteiger partial charge in [-0.15, -0.1) is 14.3 Å². The first-order valence-corrected chi connectivity index (χ1v) is 30.0. The lowest BCUT2D eigenvalue weighted by Gasteiger charge is -2.29. The number of likely N-dealkylation sites (N-methyl/N-ethyl adjacent to an activating group) is 6. The van der Waals surface area contributed by atoms with Gasteiger partial charge in [0, 0.05) is 127 Å². The van der Waals surface area contributed by atoms with Gasteiger partial charge in [0.05, 0.1) is 50.3 Å². The van der Waals surface area contributed by atoms with Crippen LogP contribution in [0.25, 0.3) is 0 Å². The summed E-state index contributed by atoms with van der Waals surface area (Å²) in [4.78, 5) is 21.3. The molecule has 0 amide bonds. The van der Waals surface area contributed by atoms with E-state index in [1.165, 1.54) is 0 Å². The minimum atomic E-state index is -4.47. The molecule has 26 nitrogen and oxygen atoms in total. The van der Waals surface area contributed by atoms with E-state index in [-0.39, 0.29) is 59.1 Å². The Balaban J connectivity index is 1.15. The smallest absolute Gasteiger partial charge is 0.396 e. The van der Waals surface area contributed by atoms with Crippen molar-refractivity contribution in [1.29, 1.82) is 0 Å². The van der Waals surface area contributed by atoms with Gasteiger partial charge in [-0.25, -0.2) is 18.3 Å². The molecule has 7 unspecified atom stereocenters. The van der Waals surface area contributed by atoms with Crippen molar-refractivity contribution in [2.75, 3.05) is 134 Å². The van der Waals surface area contributed by atoms with Gasteiger partial charge < -0.3 is 53.6 Å². The molecule has 0 aliphatic carbocycles. The van der Waals surface area contributed by atoms with Crippen LogP contribution in [0.4, 0.5) is 0 Å². The quantitative estimate of drug-likeness (QED) is 0.0913. The van der Waals surface area contributed by atoms with Crippen molar-refractivity contribution in [1.82, 2.24) is 29.4 Å². The summed E-state index contributed by atoms with van der Waals surface area (Å²) in [7, 11) is -6.61. The van der Waals surface area contributed by atoms with Gasteiger partial charge in [-0.05, 0) is 33.6 Å². The van der Waals surface area contributed by atoms with Crippen molar-refractivity contribution in [2.24, 2.45) is 14.3 Å². The Bertz CT molecular complexity index is 1980. The molecule has 70 heavy (non-hydrogen) atoms. The summed E-state index contributed by atoms with van der Waals surface area (Å²) >= 11 is 0. The lowest BCUT2D eigenvalue weighted by atomic mass is 10.2. The standard InChI is InChI=1S/C40H77N9O17P4/c1-40(2,3)66-69(53,43-39-48(8)21-22-49(39)9)65-33-16-27-57-35(33)29-61-67(51,41-37-44(4)17-18-45(37)5)63-31-14-25-56-34(31)28-60-68(52,42-38-46(6)19-20-47(38)7)64-32-15-26-58-36(32)30-62-70(54,55)59-24-13-11-10-12-23-50/h31-36,50H,10-30H2,1-9H3,(H,54,55)/t31-,32-,33-,34?,35?,36?,67?,68?,69?/m1/s1. The van der Waals surface area contributed by atoms with E-state index in [0.29, 0.717) is 82.8 Å². The maximum absolute atomic E-state index is 15.0. The lowest BCUT2D eigenvalue weighted by Crippen LogP contribution is -2.33. The van der Waals surface area contributed by atoms with E-state index in [0.717, 1.165) is 6.42 Å². The lowest BCUT2D eigenvalue weighted by molar-refractivity contribution is -0.0144. The number of unbranched alkanes of at least 4 members (excludes halogenated alkanes) is 3. The zero-order valence-electron chi connectivity index (χ0n) is 42.1. The van der Waals surface area contributed by atoms with Crippen LogP contribution in [0.5, 0.6) is 0 Å². The molecule has 6 fully saturated rings. The molecule has 6 aliphatic rings. The summed E-state index contributed by atoms with van der Waals surface area (Å²) in [6, 6.07) is 0. The Labute approximate surface area is 412 Å². The van der Waals surface area contributed by atoms with Gasteiger partial charge in [0.25, 0.3) is 0 Å². The van der Waals surface area contributed by atoms with E-state index in [4.69, 9.17) is 55.5 Å². The highest BCUT2D eigenvalue weighted by atomic mass is 31.2. The molecule has 10 atom stereocenters. The molecule has 0 aromatic carbocycles. The summed E-state index contributed by atoms with van der Waals surface area (Å²) in [6.07, 6.45) is -2.01. The summed E-state index contributed by atoms with van der Waals surface area (Å²) in [6.45, 7) is 8.58. The predicted octanol–water partition coefficient (Wildman–Crippen LogP) is 4.07. The molecule has 0 radical (unpaired) electrons. The van der Waals surface area contributed by atoms with Crippen molar-refractivity contribution < 1.29 is 78.7 Å².